The van der Waals surface area contributed by atoms with Crippen LogP contribution in [0.15, 0.2) is 158 Å². The molecule has 0 saturated heterocycles. The van der Waals surface area contributed by atoms with E-state index in [4.69, 9.17) is 9.72 Å². The fourth-order valence-electron chi connectivity index (χ4n) is 10.2. The van der Waals surface area contributed by atoms with Gasteiger partial charge in [-0.15, -0.1) is 0 Å². The first-order valence-electron chi connectivity index (χ1n) is 24.3. The molecule has 0 N–H and O–H groups in total. The molecular formula is C63H58N4OPt-2. The van der Waals surface area contributed by atoms with Gasteiger partial charge in [-0.3, -0.25) is 0 Å². The molecule has 0 fully saturated rings. The molecule has 6 aromatic carbocycles. The van der Waals surface area contributed by atoms with E-state index in [1.54, 1.807) is 0 Å². The minimum absolute atomic E-state index is 0.0565. The van der Waals surface area contributed by atoms with Crippen LogP contribution in [0.1, 0.15) is 100 Å². The van der Waals surface area contributed by atoms with Gasteiger partial charge in [0, 0.05) is 17.2 Å². The summed E-state index contributed by atoms with van der Waals surface area (Å²) in [6.45, 7) is 18.2. The second kappa shape index (κ2) is 17.1. The molecule has 6 heteroatoms. The van der Waals surface area contributed by atoms with Gasteiger partial charge in [0.1, 0.15) is 0 Å². The molecule has 5 nitrogen and oxygen atoms in total. The fraction of sp³-hybridized carbons (Fsp3) is 0.238. The van der Waals surface area contributed by atoms with Gasteiger partial charge in [0.05, 0.1) is 0 Å². The molecule has 348 valence electrons. The molecule has 4 bridgehead atoms. The zero-order chi connectivity index (χ0) is 47.8. The summed E-state index contributed by atoms with van der Waals surface area (Å²) < 4.78 is 15.1. The van der Waals surface area contributed by atoms with Crippen molar-refractivity contribution in [3.8, 4) is 34.1 Å². The van der Waals surface area contributed by atoms with E-state index >= 15 is 0 Å². The maximum atomic E-state index is 6.94. The second-order valence-corrected chi connectivity index (χ2v) is 22.5. The molecule has 2 aliphatic carbocycles. The average molecular weight is 1080 g/mol. The normalized spacial score (nSPS) is 13.4. The summed E-state index contributed by atoms with van der Waals surface area (Å²) in [4.78, 5) is 5.30. The third-order valence-electron chi connectivity index (χ3n) is 14.4. The summed E-state index contributed by atoms with van der Waals surface area (Å²) >= 11 is 2.51. The Balaban J connectivity index is 1.03. The summed E-state index contributed by atoms with van der Waals surface area (Å²) in [5.41, 5.74) is 16.3. The van der Waals surface area contributed by atoms with E-state index in [-0.39, 0.29) is 16.2 Å². The number of ether oxygens (including phenoxy) is 1. The number of benzene rings is 6. The first-order valence-corrected chi connectivity index (χ1v) is 25.4. The van der Waals surface area contributed by atoms with Crippen molar-refractivity contribution in [2.45, 2.75) is 97.3 Å². The van der Waals surface area contributed by atoms with Gasteiger partial charge in [-0.05, 0) is 27.7 Å². The van der Waals surface area contributed by atoms with E-state index in [2.05, 4.69) is 252 Å². The number of aryl methyl sites for hydroxylation is 4. The number of imidazole rings is 1. The second-order valence-electron chi connectivity index (χ2n) is 21.4. The van der Waals surface area contributed by atoms with Crippen molar-refractivity contribution in [2.75, 3.05) is 0 Å². The van der Waals surface area contributed by atoms with Crippen molar-refractivity contribution < 1.29 is 24.1 Å². The monoisotopic (exact) mass is 1080 g/mol. The summed E-state index contributed by atoms with van der Waals surface area (Å²) in [5.74, 6) is 2.09. The Labute approximate surface area is 417 Å². The van der Waals surface area contributed by atoms with Crippen LogP contribution >= 0.6 is 0 Å². The summed E-state index contributed by atoms with van der Waals surface area (Å²) in [7, 11) is 0. The van der Waals surface area contributed by atoms with E-state index in [0.717, 1.165) is 73.9 Å². The number of hydrogen-bond donors (Lipinski definition) is 0. The standard InChI is InChI=1S/C63H58N4O.Pt/c1-61(2,3)46-28-25-44(26-29-46)55-39-64-60(38-56(55)63(7,8)47-14-10-9-11-15-47)67-57-17-13-12-16-53(57)54-33-32-51(37-58(54)67)68-52-35-48(62(4,5)6)34-50(36-52)65-40-59-45-24-22-42-18-20-43(21-19-42)23-30-49(31-27-45)66(59)41-65;/h9-21,25-29,31-35,38-40H,22-24,30H2,1-8H3;/q-2;. The number of rotatable bonds is 7. The zero-order valence-electron chi connectivity index (χ0n) is 40.9. The SMILES string of the molecule is CC(C)(C)c1ccc(-c2cnc(-n3c4[c-]c(Oc5[c-]c(-n6cc7c8ccc(n7[c]6=[Pt])CCc6ccc(cc6)CC8)cc(C(C)(C)C)c5)ccc4c4ccccc43)cc2C(C)(C)c2ccccc2)cc1. The van der Waals surface area contributed by atoms with Gasteiger partial charge in [0.25, 0.3) is 0 Å². The Morgan fingerprint density at radius 1 is 0.580 bits per heavy atom. The molecule has 6 heterocycles. The summed E-state index contributed by atoms with van der Waals surface area (Å²) in [6, 6.07) is 60.7. The fourth-order valence-corrected chi connectivity index (χ4v) is 11.2. The smallest absolute Gasteiger partial charge is 0.0622 e. The molecule has 0 unspecified atom stereocenters. The molecule has 2 aliphatic heterocycles. The molecule has 69 heavy (non-hydrogen) atoms. The van der Waals surface area contributed by atoms with Gasteiger partial charge < -0.3 is 0 Å². The van der Waals surface area contributed by atoms with Crippen LogP contribution < -0.4 is 4.74 Å². The number of hydrogen-bond acceptors (Lipinski definition) is 2. The van der Waals surface area contributed by atoms with Gasteiger partial charge in [-0.2, -0.15) is 0 Å². The van der Waals surface area contributed by atoms with Gasteiger partial charge in [0.15, 0.2) is 0 Å². The third-order valence-corrected chi connectivity index (χ3v) is 15.5. The van der Waals surface area contributed by atoms with Crippen molar-refractivity contribution in [2.24, 2.45) is 0 Å². The number of para-hydroxylation sites is 1. The molecule has 0 spiro atoms. The number of pyridine rings is 2. The van der Waals surface area contributed by atoms with Crippen molar-refractivity contribution in [1.82, 2.24) is 18.5 Å². The molecule has 4 aromatic heterocycles. The van der Waals surface area contributed by atoms with Crippen LogP contribution in [0.25, 0.3) is 50.0 Å². The predicted molar refractivity (Wildman–Crippen MR) is 279 cm³/mol. The van der Waals surface area contributed by atoms with Crippen LogP contribution in [0.5, 0.6) is 11.5 Å². The quantitative estimate of drug-likeness (QED) is 0.149. The minimum Gasteiger partial charge on any atom is -0.0622 e. The topological polar surface area (TPSA) is 36.4 Å². The van der Waals surface area contributed by atoms with E-state index in [0.29, 0.717) is 11.5 Å². The van der Waals surface area contributed by atoms with E-state index < -0.39 is 0 Å². The van der Waals surface area contributed by atoms with Crippen molar-refractivity contribution in [3.05, 3.63) is 219 Å². The van der Waals surface area contributed by atoms with Crippen LogP contribution in [0, 0.1) is 15.9 Å². The van der Waals surface area contributed by atoms with Gasteiger partial charge in [-0.1, -0.05) is 101 Å². The van der Waals surface area contributed by atoms with Crippen LogP contribution in [-0.4, -0.2) is 18.5 Å². The molecule has 0 radical (unpaired) electrons. The van der Waals surface area contributed by atoms with E-state index in [9.17, 15) is 0 Å². The van der Waals surface area contributed by atoms with Crippen LogP contribution in [0.2, 0.25) is 0 Å². The molecule has 0 atom stereocenters. The van der Waals surface area contributed by atoms with Gasteiger partial charge >= 0.3 is 274 Å². The van der Waals surface area contributed by atoms with Crippen LogP contribution in [-0.2, 0) is 61.3 Å². The van der Waals surface area contributed by atoms with Crippen LogP contribution in [0.4, 0.5) is 0 Å². The van der Waals surface area contributed by atoms with Gasteiger partial charge in [0.2, 0.25) is 0 Å². The molecule has 0 saturated carbocycles. The van der Waals surface area contributed by atoms with Crippen LogP contribution in [0.3, 0.4) is 0 Å². The van der Waals surface area contributed by atoms with Crippen molar-refractivity contribution >= 4 is 27.3 Å². The summed E-state index contributed by atoms with van der Waals surface area (Å²) in [6.07, 6.45) is 8.29. The molecule has 0 amide bonds. The number of nitrogens with zero attached hydrogens (tertiary/aromatic N) is 4. The Morgan fingerprint density at radius 2 is 1.28 bits per heavy atom. The predicted octanol–water partition coefficient (Wildman–Crippen LogP) is 15.2. The maximum absolute atomic E-state index is 6.94. The van der Waals surface area contributed by atoms with Crippen molar-refractivity contribution in [1.29, 1.82) is 0 Å². The summed E-state index contributed by atoms with van der Waals surface area (Å²) in [5, 5.41) is 2.22. The molecule has 10 aromatic rings. The van der Waals surface area contributed by atoms with E-state index in [1.807, 2.05) is 6.07 Å². The van der Waals surface area contributed by atoms with E-state index in [1.165, 1.54) is 50.2 Å². The first-order chi connectivity index (χ1) is 33.1. The Bertz CT molecular complexity index is 3630. The average Bonchev–Trinajstić information content (AvgIpc) is 3.86. The Morgan fingerprint density at radius 3 is 2.00 bits per heavy atom. The van der Waals surface area contributed by atoms with Crippen molar-refractivity contribution in [3.63, 3.8) is 0 Å². The van der Waals surface area contributed by atoms with Gasteiger partial charge in [-0.25, -0.2) is 0 Å². The third kappa shape index (κ3) is 8.33. The Hall–Kier alpha value is -6.55. The molecule has 4 aliphatic rings. The Kier molecular flexibility index (Phi) is 11.2. The number of aromatic nitrogens is 4. The number of fused-ring (bicyclic) bond motifs is 3. The zero-order valence-corrected chi connectivity index (χ0v) is 43.1. The minimum atomic E-state index is -0.343. The first kappa shape index (κ1) is 44.9. The molecular weight excluding hydrogens is 1020 g/mol. The molecule has 14 rings (SSSR count).